The molecule has 0 bridgehead atoms. The molecular formula is C12H16N6O3. The van der Waals surface area contributed by atoms with Crippen LogP contribution in [-0.2, 0) is 4.74 Å². The Kier molecular flexibility index (Phi) is 3.24. The van der Waals surface area contributed by atoms with Crippen LogP contribution in [0.4, 0.5) is 5.82 Å². The minimum Gasteiger partial charge on any atom is -0.394 e. The molecule has 21 heavy (non-hydrogen) atoms. The predicted octanol–water partition coefficient (Wildman–Crippen LogP) is -1.06. The number of nitrogens with two attached hydrogens (primary N) is 2. The summed E-state index contributed by atoms with van der Waals surface area (Å²) in [4.78, 5) is 8.07. The van der Waals surface area contributed by atoms with Gasteiger partial charge in [-0.1, -0.05) is 0 Å². The molecular weight excluding hydrogens is 276 g/mol. The molecule has 0 radical (unpaired) electrons. The molecule has 9 heteroatoms. The number of ether oxygens (including phenoxy) is 1. The van der Waals surface area contributed by atoms with Crippen molar-refractivity contribution < 1.29 is 14.9 Å². The lowest BCUT2D eigenvalue weighted by Gasteiger charge is -2.14. The standard InChI is InChI=1S/C12H16N6O3/c13-10(14)5-2-18(8-1-6(20)7(3-19)21-8)12-9(5)11(15)16-4-17-12/h2,4,6-8,19-20H,1,3H2,(H3,13,14)(H2,15,16,17)/t6-,7+,8+/m0/s1. The van der Waals surface area contributed by atoms with Gasteiger partial charge in [0, 0.05) is 18.2 Å². The van der Waals surface area contributed by atoms with Crippen LogP contribution in [0.2, 0.25) is 0 Å². The Bertz CT molecular complexity index is 700. The van der Waals surface area contributed by atoms with E-state index in [1.54, 1.807) is 10.8 Å². The lowest BCUT2D eigenvalue weighted by Crippen LogP contribution is -2.24. The molecule has 0 spiro atoms. The number of nitrogen functional groups attached to an aromatic ring is 2. The van der Waals surface area contributed by atoms with Gasteiger partial charge in [0.05, 0.1) is 18.1 Å². The van der Waals surface area contributed by atoms with Gasteiger partial charge in [-0.05, 0) is 0 Å². The first-order valence-electron chi connectivity index (χ1n) is 6.42. The van der Waals surface area contributed by atoms with Crippen LogP contribution >= 0.6 is 0 Å². The third kappa shape index (κ3) is 2.11. The summed E-state index contributed by atoms with van der Waals surface area (Å²) >= 11 is 0. The molecule has 1 aliphatic heterocycles. The van der Waals surface area contributed by atoms with E-state index in [-0.39, 0.29) is 18.3 Å². The number of rotatable bonds is 3. The zero-order chi connectivity index (χ0) is 15.1. The van der Waals surface area contributed by atoms with Gasteiger partial charge in [0.1, 0.15) is 36.0 Å². The first-order chi connectivity index (χ1) is 10.0. The van der Waals surface area contributed by atoms with Crippen molar-refractivity contribution in [1.82, 2.24) is 14.5 Å². The van der Waals surface area contributed by atoms with Crippen LogP contribution in [0, 0.1) is 5.41 Å². The third-order valence-electron chi connectivity index (χ3n) is 3.62. The summed E-state index contributed by atoms with van der Waals surface area (Å²) in [7, 11) is 0. The highest BCUT2D eigenvalue weighted by Gasteiger charge is 2.35. The Morgan fingerprint density at radius 3 is 2.90 bits per heavy atom. The zero-order valence-corrected chi connectivity index (χ0v) is 11.1. The summed E-state index contributed by atoms with van der Waals surface area (Å²) in [5.41, 5.74) is 12.3. The Balaban J connectivity index is 2.12. The van der Waals surface area contributed by atoms with Gasteiger partial charge >= 0.3 is 0 Å². The highest BCUT2D eigenvalue weighted by molar-refractivity contribution is 6.09. The van der Waals surface area contributed by atoms with Crippen molar-refractivity contribution in [2.75, 3.05) is 12.3 Å². The number of aromatic nitrogens is 3. The summed E-state index contributed by atoms with van der Waals surface area (Å²) in [6.45, 7) is -0.270. The van der Waals surface area contributed by atoms with Crippen LogP contribution in [0.3, 0.4) is 0 Å². The van der Waals surface area contributed by atoms with Crippen LogP contribution in [0.5, 0.6) is 0 Å². The average Bonchev–Trinajstić information content (AvgIpc) is 3.00. The van der Waals surface area contributed by atoms with Crippen molar-refractivity contribution in [1.29, 1.82) is 5.41 Å². The average molecular weight is 292 g/mol. The first-order valence-corrected chi connectivity index (χ1v) is 6.42. The Labute approximate surface area is 119 Å². The third-order valence-corrected chi connectivity index (χ3v) is 3.62. The van der Waals surface area contributed by atoms with Crippen LogP contribution in [0.1, 0.15) is 18.2 Å². The molecule has 0 unspecified atom stereocenters. The second-order valence-corrected chi connectivity index (χ2v) is 4.94. The number of hydrogen-bond donors (Lipinski definition) is 5. The van der Waals surface area contributed by atoms with Gasteiger partial charge in [-0.2, -0.15) is 0 Å². The summed E-state index contributed by atoms with van der Waals surface area (Å²) in [5.74, 6) is 0.0682. The highest BCUT2D eigenvalue weighted by atomic mass is 16.5. The van der Waals surface area contributed by atoms with E-state index in [9.17, 15) is 5.11 Å². The molecule has 2 aromatic heterocycles. The Morgan fingerprint density at radius 1 is 1.52 bits per heavy atom. The predicted molar refractivity (Wildman–Crippen MR) is 74.6 cm³/mol. The fourth-order valence-electron chi connectivity index (χ4n) is 2.58. The van der Waals surface area contributed by atoms with E-state index in [1.165, 1.54) is 6.33 Å². The maximum Gasteiger partial charge on any atom is 0.148 e. The molecule has 7 N–H and O–H groups in total. The Hall–Kier alpha value is -2.23. The maximum atomic E-state index is 9.84. The van der Waals surface area contributed by atoms with Gasteiger partial charge in [0.15, 0.2) is 0 Å². The number of amidine groups is 1. The van der Waals surface area contributed by atoms with Crippen molar-refractivity contribution in [3.05, 3.63) is 18.1 Å². The molecule has 3 heterocycles. The molecule has 0 amide bonds. The van der Waals surface area contributed by atoms with E-state index in [1.807, 2.05) is 0 Å². The molecule has 0 saturated carbocycles. The lowest BCUT2D eigenvalue weighted by atomic mass is 10.2. The molecule has 1 fully saturated rings. The second-order valence-electron chi connectivity index (χ2n) is 4.94. The number of anilines is 1. The zero-order valence-electron chi connectivity index (χ0n) is 11.1. The molecule has 2 aromatic rings. The minimum absolute atomic E-state index is 0.155. The Morgan fingerprint density at radius 2 is 2.29 bits per heavy atom. The summed E-state index contributed by atoms with van der Waals surface area (Å²) in [5, 5.41) is 27.1. The first kappa shape index (κ1) is 13.7. The van der Waals surface area contributed by atoms with E-state index in [2.05, 4.69) is 9.97 Å². The van der Waals surface area contributed by atoms with E-state index < -0.39 is 18.4 Å². The highest BCUT2D eigenvalue weighted by Crippen LogP contribution is 2.33. The summed E-state index contributed by atoms with van der Waals surface area (Å²) < 4.78 is 7.26. The molecule has 0 aromatic carbocycles. The fraction of sp³-hybridized carbons (Fsp3) is 0.417. The van der Waals surface area contributed by atoms with Crippen molar-refractivity contribution >= 4 is 22.7 Å². The number of aliphatic hydroxyl groups excluding tert-OH is 2. The van der Waals surface area contributed by atoms with Crippen molar-refractivity contribution in [3.8, 4) is 0 Å². The van der Waals surface area contributed by atoms with Crippen molar-refractivity contribution in [2.45, 2.75) is 24.9 Å². The largest absolute Gasteiger partial charge is 0.394 e. The second kappa shape index (κ2) is 4.95. The van der Waals surface area contributed by atoms with Crippen LogP contribution in [0.25, 0.3) is 11.0 Å². The van der Waals surface area contributed by atoms with Gasteiger partial charge in [-0.15, -0.1) is 0 Å². The van der Waals surface area contributed by atoms with Crippen LogP contribution in [0.15, 0.2) is 12.5 Å². The quantitative estimate of drug-likeness (QED) is 0.356. The van der Waals surface area contributed by atoms with E-state index in [0.29, 0.717) is 23.0 Å². The SMILES string of the molecule is N=C(N)c1cn([C@H]2C[C@H](O)[C@@H](CO)O2)c2ncnc(N)c12. The topological polar surface area (TPSA) is 156 Å². The number of aliphatic hydroxyl groups is 2. The van der Waals surface area contributed by atoms with Gasteiger partial charge in [0.25, 0.3) is 0 Å². The fourth-order valence-corrected chi connectivity index (χ4v) is 2.58. The lowest BCUT2D eigenvalue weighted by molar-refractivity contribution is -0.0430. The monoisotopic (exact) mass is 292 g/mol. The van der Waals surface area contributed by atoms with E-state index in [0.717, 1.165) is 0 Å². The van der Waals surface area contributed by atoms with Crippen LogP contribution in [-0.4, -0.2) is 49.4 Å². The smallest absolute Gasteiger partial charge is 0.148 e. The van der Waals surface area contributed by atoms with Crippen molar-refractivity contribution in [2.24, 2.45) is 5.73 Å². The minimum atomic E-state index is -0.766. The summed E-state index contributed by atoms with van der Waals surface area (Å²) in [6.07, 6.45) is 1.30. The molecule has 3 atom stereocenters. The number of hydrogen-bond acceptors (Lipinski definition) is 7. The molecule has 1 aliphatic rings. The van der Waals surface area contributed by atoms with Gasteiger partial charge in [-0.3, -0.25) is 5.41 Å². The molecule has 9 nitrogen and oxygen atoms in total. The van der Waals surface area contributed by atoms with Gasteiger partial charge < -0.3 is 31.0 Å². The molecule has 1 saturated heterocycles. The number of nitrogens with one attached hydrogen (secondary N) is 1. The maximum absolute atomic E-state index is 9.84. The molecule has 112 valence electrons. The van der Waals surface area contributed by atoms with Gasteiger partial charge in [0.2, 0.25) is 0 Å². The molecule has 3 rings (SSSR count). The van der Waals surface area contributed by atoms with E-state index >= 15 is 0 Å². The summed E-state index contributed by atoms with van der Waals surface area (Å²) in [6, 6.07) is 0. The number of nitrogens with zero attached hydrogens (tertiary/aromatic N) is 3. The van der Waals surface area contributed by atoms with Crippen LogP contribution < -0.4 is 11.5 Å². The molecule has 0 aliphatic carbocycles. The van der Waals surface area contributed by atoms with E-state index in [4.69, 9.17) is 26.7 Å². The van der Waals surface area contributed by atoms with Gasteiger partial charge in [-0.25, -0.2) is 9.97 Å². The van der Waals surface area contributed by atoms with Crippen molar-refractivity contribution in [3.63, 3.8) is 0 Å². The number of fused-ring (bicyclic) bond motifs is 1. The normalized spacial score (nSPS) is 25.5.